The van der Waals surface area contributed by atoms with Gasteiger partial charge in [0.15, 0.2) is 0 Å². The Morgan fingerprint density at radius 3 is 1.14 bits per heavy atom. The first-order chi connectivity index (χ1) is 12.9. The Bertz CT molecular complexity index is 609. The molecule has 28 heavy (non-hydrogen) atoms. The summed E-state index contributed by atoms with van der Waals surface area (Å²) < 4.78 is 9.14. The van der Waals surface area contributed by atoms with Crippen molar-refractivity contribution in [1.82, 2.24) is 0 Å². The molecule has 12 heteroatoms. The number of carboxylic acids is 4. The van der Waals surface area contributed by atoms with Crippen molar-refractivity contribution in [3.8, 4) is 0 Å². The number of carboxylic acid groups (broad SMARTS) is 4. The Labute approximate surface area is 158 Å². The summed E-state index contributed by atoms with van der Waals surface area (Å²) in [4.78, 5) is 66.6. The zero-order valence-electron chi connectivity index (χ0n) is 14.9. The molecule has 4 N–H and O–H groups in total. The Balaban J connectivity index is 4.66. The van der Waals surface area contributed by atoms with Gasteiger partial charge in [0.1, 0.15) is 25.0 Å². The molecule has 0 spiro atoms. The predicted octanol–water partition coefficient (Wildman–Crippen LogP) is -0.528. The van der Waals surface area contributed by atoms with Crippen LogP contribution in [0.25, 0.3) is 0 Å². The van der Waals surface area contributed by atoms with Crippen LogP contribution in [0, 0.1) is 23.7 Å². The smallest absolute Gasteiger partial charge is 0.331 e. The van der Waals surface area contributed by atoms with Crippen molar-refractivity contribution < 1.29 is 58.7 Å². The lowest BCUT2D eigenvalue weighted by Crippen LogP contribution is -2.32. The summed E-state index contributed by atoms with van der Waals surface area (Å²) in [5.74, 6) is -13.8. The molecule has 0 aromatic carbocycles. The van der Waals surface area contributed by atoms with Crippen LogP contribution in [-0.4, -0.2) is 69.5 Å². The van der Waals surface area contributed by atoms with Crippen molar-refractivity contribution in [3.05, 3.63) is 12.2 Å². The van der Waals surface area contributed by atoms with E-state index >= 15 is 0 Å². The maximum atomic E-state index is 11.5. The van der Waals surface area contributed by atoms with Gasteiger partial charge in [-0.1, -0.05) is 13.8 Å². The van der Waals surface area contributed by atoms with Crippen LogP contribution < -0.4 is 0 Å². The van der Waals surface area contributed by atoms with E-state index in [1.165, 1.54) is 0 Å². The Hall–Kier alpha value is -3.44. The van der Waals surface area contributed by atoms with Gasteiger partial charge in [0.25, 0.3) is 0 Å². The fourth-order valence-electron chi connectivity index (χ4n) is 1.78. The molecule has 4 unspecified atom stereocenters. The lowest BCUT2D eigenvalue weighted by Gasteiger charge is -2.16. The fourth-order valence-corrected chi connectivity index (χ4v) is 1.78. The van der Waals surface area contributed by atoms with Crippen molar-refractivity contribution in [2.24, 2.45) is 23.7 Å². The highest BCUT2D eigenvalue weighted by Crippen LogP contribution is 2.14. The summed E-state index contributed by atoms with van der Waals surface area (Å²) in [6.45, 7) is 0.745. The van der Waals surface area contributed by atoms with E-state index in [9.17, 15) is 28.8 Å². The van der Waals surface area contributed by atoms with Gasteiger partial charge in [-0.15, -0.1) is 0 Å². The SMILES string of the molecule is CC(C(=O)O)C(COC(=O)/C=C\C(=O)OCC(C(=O)O)C(C)C(=O)O)C(=O)O. The summed E-state index contributed by atoms with van der Waals surface area (Å²) in [5.41, 5.74) is 0. The molecule has 0 aliphatic carbocycles. The van der Waals surface area contributed by atoms with Gasteiger partial charge in [-0.05, 0) is 0 Å². The van der Waals surface area contributed by atoms with Crippen molar-refractivity contribution in [2.75, 3.05) is 13.2 Å². The quantitative estimate of drug-likeness (QED) is 0.239. The molecule has 0 rings (SSSR count). The highest BCUT2D eigenvalue weighted by atomic mass is 16.5. The molecule has 4 atom stereocenters. The molecule has 0 saturated carbocycles. The van der Waals surface area contributed by atoms with Crippen molar-refractivity contribution in [1.29, 1.82) is 0 Å². The van der Waals surface area contributed by atoms with Crippen LogP contribution >= 0.6 is 0 Å². The third-order valence-electron chi connectivity index (χ3n) is 3.79. The van der Waals surface area contributed by atoms with Gasteiger partial charge in [0.05, 0.1) is 11.8 Å². The van der Waals surface area contributed by atoms with Crippen LogP contribution in [-0.2, 0) is 38.2 Å². The normalized spacial score (nSPS) is 15.1. The predicted molar refractivity (Wildman–Crippen MR) is 86.9 cm³/mol. The second kappa shape index (κ2) is 11.3. The summed E-state index contributed by atoms with van der Waals surface area (Å²) in [6, 6.07) is 0. The van der Waals surface area contributed by atoms with Crippen molar-refractivity contribution in [2.45, 2.75) is 13.8 Å². The van der Waals surface area contributed by atoms with Crippen LogP contribution in [0.3, 0.4) is 0 Å². The number of esters is 2. The topological polar surface area (TPSA) is 202 Å². The van der Waals surface area contributed by atoms with Gasteiger partial charge in [-0.25, -0.2) is 9.59 Å². The monoisotopic (exact) mass is 404 g/mol. The Morgan fingerprint density at radius 2 is 0.929 bits per heavy atom. The van der Waals surface area contributed by atoms with E-state index < -0.39 is 72.7 Å². The third kappa shape index (κ3) is 8.29. The summed E-state index contributed by atoms with van der Waals surface area (Å²) in [7, 11) is 0. The number of rotatable bonds is 12. The standard InChI is InChI=1S/C16H20O12/c1-7(13(19)20)9(15(23)24)5-27-11(17)3-4-12(18)28-6-10(16(25)26)8(2)14(21)22/h3-4,7-10H,5-6H2,1-2H3,(H,19,20)(H,21,22)(H,23,24)(H,25,26)/b4-3-. The molecule has 0 aromatic rings. The van der Waals surface area contributed by atoms with Crippen LogP contribution in [0.1, 0.15) is 13.8 Å². The van der Waals surface area contributed by atoms with Crippen molar-refractivity contribution >= 4 is 35.8 Å². The summed E-state index contributed by atoms with van der Waals surface area (Å²) >= 11 is 0. The zero-order valence-corrected chi connectivity index (χ0v) is 14.9. The first-order valence-electron chi connectivity index (χ1n) is 7.81. The number of carbonyl (C=O) groups is 6. The van der Waals surface area contributed by atoms with Crippen LogP contribution in [0.15, 0.2) is 12.2 Å². The van der Waals surface area contributed by atoms with E-state index in [4.69, 9.17) is 20.4 Å². The molecule has 0 fully saturated rings. The van der Waals surface area contributed by atoms with Gasteiger partial charge in [-0.3, -0.25) is 19.2 Å². The highest BCUT2D eigenvalue weighted by molar-refractivity contribution is 5.92. The van der Waals surface area contributed by atoms with E-state index in [1.54, 1.807) is 0 Å². The van der Waals surface area contributed by atoms with Crippen LogP contribution in [0.2, 0.25) is 0 Å². The van der Waals surface area contributed by atoms with E-state index in [0.717, 1.165) is 13.8 Å². The summed E-state index contributed by atoms with van der Waals surface area (Å²) in [5, 5.41) is 35.5. The second-order valence-electron chi connectivity index (χ2n) is 5.74. The highest BCUT2D eigenvalue weighted by Gasteiger charge is 2.32. The number of aliphatic carboxylic acids is 4. The lowest BCUT2D eigenvalue weighted by molar-refractivity contribution is -0.158. The minimum Gasteiger partial charge on any atom is -0.481 e. The Kier molecular flexibility index (Phi) is 9.92. The van der Waals surface area contributed by atoms with Gasteiger partial charge >= 0.3 is 35.8 Å². The van der Waals surface area contributed by atoms with Crippen LogP contribution in [0.5, 0.6) is 0 Å². The Morgan fingerprint density at radius 1 is 0.643 bits per heavy atom. The molecule has 0 amide bonds. The van der Waals surface area contributed by atoms with E-state index in [1.807, 2.05) is 0 Å². The minimum absolute atomic E-state index is 0.572. The molecule has 0 saturated heterocycles. The van der Waals surface area contributed by atoms with E-state index in [-0.39, 0.29) is 0 Å². The molecule has 0 aromatic heterocycles. The van der Waals surface area contributed by atoms with E-state index in [0.29, 0.717) is 12.2 Å². The molecule has 0 heterocycles. The van der Waals surface area contributed by atoms with Gasteiger partial charge in [-0.2, -0.15) is 0 Å². The van der Waals surface area contributed by atoms with Crippen LogP contribution in [0.4, 0.5) is 0 Å². The fraction of sp³-hybridized carbons (Fsp3) is 0.500. The molecule has 0 aliphatic heterocycles. The number of hydrogen-bond donors (Lipinski definition) is 4. The maximum absolute atomic E-state index is 11.5. The molecular formula is C16H20O12. The number of ether oxygens (including phenoxy) is 2. The number of hydrogen-bond acceptors (Lipinski definition) is 8. The summed E-state index contributed by atoms with van der Waals surface area (Å²) in [6.07, 6.45) is 1.14. The van der Waals surface area contributed by atoms with Crippen molar-refractivity contribution in [3.63, 3.8) is 0 Å². The maximum Gasteiger partial charge on any atom is 0.331 e. The molecular weight excluding hydrogens is 384 g/mol. The molecule has 156 valence electrons. The molecule has 0 bridgehead atoms. The lowest BCUT2D eigenvalue weighted by atomic mass is 9.95. The zero-order chi connectivity index (χ0) is 22.0. The second-order valence-corrected chi connectivity index (χ2v) is 5.74. The molecule has 0 radical (unpaired) electrons. The largest absolute Gasteiger partial charge is 0.481 e. The third-order valence-corrected chi connectivity index (χ3v) is 3.79. The first-order valence-corrected chi connectivity index (χ1v) is 7.81. The van der Waals surface area contributed by atoms with Gasteiger partial charge in [0.2, 0.25) is 0 Å². The van der Waals surface area contributed by atoms with Gasteiger partial charge in [0, 0.05) is 12.2 Å². The van der Waals surface area contributed by atoms with Gasteiger partial charge < -0.3 is 29.9 Å². The van der Waals surface area contributed by atoms with E-state index in [2.05, 4.69) is 9.47 Å². The minimum atomic E-state index is -1.50. The average Bonchev–Trinajstić information content (AvgIpc) is 2.58. The molecule has 12 nitrogen and oxygen atoms in total. The first kappa shape index (κ1) is 24.6. The number of carbonyl (C=O) groups excluding carboxylic acids is 2. The average molecular weight is 404 g/mol. The molecule has 0 aliphatic rings.